The zero-order chi connectivity index (χ0) is 18.9. The quantitative estimate of drug-likeness (QED) is 0.498. The minimum Gasteiger partial charge on any atom is -0.478 e. The van der Waals surface area contributed by atoms with Crippen molar-refractivity contribution in [1.29, 1.82) is 0 Å². The van der Waals surface area contributed by atoms with E-state index in [0.29, 0.717) is 23.3 Å². The van der Waals surface area contributed by atoms with Gasteiger partial charge in [-0.1, -0.05) is 30.3 Å². The molecule has 0 atom stereocenters. The summed E-state index contributed by atoms with van der Waals surface area (Å²) in [6.45, 7) is -0.436. The van der Waals surface area contributed by atoms with Crippen LogP contribution in [0, 0.1) is 0 Å². The standard InChI is InChI=1S/C16H16ClF2N3O3S/c1-2-7-24-14-5-6-20-16(22-14)26-9-13(23)21-10-3-4-12(11(17)8-10)25-15(18)19/h3-6,8,15H,2,7,9H2,1H3,(H,21,23). The second-order valence-electron chi connectivity index (χ2n) is 4.89. The molecule has 0 aliphatic carbocycles. The van der Waals surface area contributed by atoms with Crippen molar-refractivity contribution in [3.63, 3.8) is 0 Å². The Hall–Kier alpha value is -2.13. The number of nitrogens with zero attached hydrogens (tertiary/aromatic N) is 2. The smallest absolute Gasteiger partial charge is 0.387 e. The number of rotatable bonds is 9. The van der Waals surface area contributed by atoms with Crippen LogP contribution < -0.4 is 14.8 Å². The van der Waals surface area contributed by atoms with Crippen LogP contribution in [0.1, 0.15) is 13.3 Å². The van der Waals surface area contributed by atoms with E-state index in [0.717, 1.165) is 18.2 Å². The minimum atomic E-state index is -2.97. The van der Waals surface area contributed by atoms with Crippen LogP contribution >= 0.6 is 23.4 Å². The van der Waals surface area contributed by atoms with E-state index in [9.17, 15) is 13.6 Å². The van der Waals surface area contributed by atoms with Gasteiger partial charge in [0.25, 0.3) is 0 Å². The molecule has 2 aromatic rings. The highest BCUT2D eigenvalue weighted by molar-refractivity contribution is 7.99. The van der Waals surface area contributed by atoms with E-state index in [4.69, 9.17) is 16.3 Å². The number of aromatic nitrogens is 2. The lowest BCUT2D eigenvalue weighted by Gasteiger charge is -2.09. The molecule has 6 nitrogen and oxygen atoms in total. The van der Waals surface area contributed by atoms with Gasteiger partial charge < -0.3 is 14.8 Å². The Morgan fingerprint density at radius 2 is 2.19 bits per heavy atom. The number of thioether (sulfide) groups is 1. The Morgan fingerprint density at radius 3 is 2.88 bits per heavy atom. The monoisotopic (exact) mass is 403 g/mol. The molecule has 2 rings (SSSR count). The normalized spacial score (nSPS) is 10.7. The number of carbonyl (C=O) groups excluding carboxylic acids is 1. The number of nitrogens with one attached hydrogen (secondary N) is 1. The van der Waals surface area contributed by atoms with Gasteiger partial charge in [0.1, 0.15) is 5.75 Å². The molecule has 140 valence electrons. The number of hydrogen-bond donors (Lipinski definition) is 1. The lowest BCUT2D eigenvalue weighted by molar-refractivity contribution is -0.113. The highest BCUT2D eigenvalue weighted by Gasteiger charge is 2.11. The van der Waals surface area contributed by atoms with Crippen molar-refractivity contribution in [2.45, 2.75) is 25.1 Å². The lowest BCUT2D eigenvalue weighted by Crippen LogP contribution is -2.14. The first-order chi connectivity index (χ1) is 12.5. The number of halogens is 3. The molecular weight excluding hydrogens is 388 g/mol. The molecule has 0 bridgehead atoms. The van der Waals surface area contributed by atoms with Gasteiger partial charge in [0.2, 0.25) is 11.8 Å². The number of carbonyl (C=O) groups is 1. The molecule has 0 aliphatic rings. The van der Waals surface area contributed by atoms with E-state index in [1.165, 1.54) is 18.2 Å². The maximum atomic E-state index is 12.2. The van der Waals surface area contributed by atoms with Gasteiger partial charge in [-0.05, 0) is 24.6 Å². The van der Waals surface area contributed by atoms with Gasteiger partial charge in [0.15, 0.2) is 5.16 Å². The Balaban J connectivity index is 1.88. The first-order valence-corrected chi connectivity index (χ1v) is 8.97. The van der Waals surface area contributed by atoms with Crippen LogP contribution in [0.5, 0.6) is 11.6 Å². The van der Waals surface area contributed by atoms with Crippen molar-refractivity contribution < 1.29 is 23.0 Å². The SMILES string of the molecule is CCCOc1ccnc(SCC(=O)Nc2ccc(OC(F)F)c(Cl)c2)n1. The number of benzene rings is 1. The summed E-state index contributed by atoms with van der Waals surface area (Å²) in [4.78, 5) is 20.3. The molecule has 0 unspecified atom stereocenters. The Labute approximate surface area is 158 Å². The third-order valence-corrected chi connectivity index (χ3v) is 3.98. The molecule has 1 aromatic carbocycles. The largest absolute Gasteiger partial charge is 0.478 e. The fourth-order valence-corrected chi connectivity index (χ4v) is 2.63. The van der Waals surface area contributed by atoms with Crippen molar-refractivity contribution in [1.82, 2.24) is 9.97 Å². The number of anilines is 1. The molecular formula is C16H16ClF2N3O3S. The average Bonchev–Trinajstić information content (AvgIpc) is 2.60. The molecule has 10 heteroatoms. The van der Waals surface area contributed by atoms with Crippen LogP contribution in [-0.2, 0) is 4.79 Å². The van der Waals surface area contributed by atoms with E-state index in [2.05, 4.69) is 20.0 Å². The molecule has 1 heterocycles. The van der Waals surface area contributed by atoms with Crippen molar-refractivity contribution in [2.75, 3.05) is 17.7 Å². The summed E-state index contributed by atoms with van der Waals surface area (Å²) in [5.74, 6) is 0.0269. The summed E-state index contributed by atoms with van der Waals surface area (Å²) in [6.07, 6.45) is 2.42. The molecule has 0 saturated heterocycles. The summed E-state index contributed by atoms with van der Waals surface area (Å²) >= 11 is 6.98. The van der Waals surface area contributed by atoms with Crippen LogP contribution in [0.15, 0.2) is 35.6 Å². The lowest BCUT2D eigenvalue weighted by atomic mass is 10.3. The van der Waals surface area contributed by atoms with Gasteiger partial charge in [0, 0.05) is 18.0 Å². The zero-order valence-corrected chi connectivity index (χ0v) is 15.3. The third-order valence-electron chi connectivity index (χ3n) is 2.83. The van der Waals surface area contributed by atoms with Crippen molar-refractivity contribution in [3.05, 3.63) is 35.5 Å². The minimum absolute atomic E-state index is 0.0279. The van der Waals surface area contributed by atoms with E-state index < -0.39 is 6.61 Å². The molecule has 1 N–H and O–H groups in total. The number of ether oxygens (including phenoxy) is 2. The highest BCUT2D eigenvalue weighted by atomic mass is 35.5. The summed E-state index contributed by atoms with van der Waals surface area (Å²) in [5.41, 5.74) is 0.364. The summed E-state index contributed by atoms with van der Waals surface area (Å²) in [7, 11) is 0. The zero-order valence-electron chi connectivity index (χ0n) is 13.7. The summed E-state index contributed by atoms with van der Waals surface area (Å²) in [6, 6.07) is 5.65. The van der Waals surface area contributed by atoms with Crippen LogP contribution in [0.3, 0.4) is 0 Å². The van der Waals surface area contributed by atoms with Gasteiger partial charge in [-0.25, -0.2) is 4.98 Å². The average molecular weight is 404 g/mol. The predicted octanol–water partition coefficient (Wildman–Crippen LogP) is 4.25. The number of amides is 1. The molecule has 1 amide bonds. The molecule has 26 heavy (non-hydrogen) atoms. The Bertz CT molecular complexity index is 752. The number of hydrogen-bond acceptors (Lipinski definition) is 6. The molecule has 0 saturated carbocycles. The Kier molecular flexibility index (Phi) is 7.86. The van der Waals surface area contributed by atoms with Gasteiger partial charge >= 0.3 is 6.61 Å². The third kappa shape index (κ3) is 6.64. The van der Waals surface area contributed by atoms with Crippen molar-refractivity contribution in [2.24, 2.45) is 0 Å². The highest BCUT2D eigenvalue weighted by Crippen LogP contribution is 2.29. The van der Waals surface area contributed by atoms with E-state index in [1.54, 1.807) is 12.3 Å². The van der Waals surface area contributed by atoms with Crippen molar-refractivity contribution in [3.8, 4) is 11.6 Å². The van der Waals surface area contributed by atoms with Crippen LogP contribution in [0.25, 0.3) is 0 Å². The Morgan fingerprint density at radius 1 is 1.38 bits per heavy atom. The van der Waals surface area contributed by atoms with Crippen LogP contribution in [0.2, 0.25) is 5.02 Å². The van der Waals surface area contributed by atoms with Gasteiger partial charge in [-0.3, -0.25) is 4.79 Å². The second-order valence-corrected chi connectivity index (χ2v) is 6.24. The van der Waals surface area contributed by atoms with Crippen LogP contribution in [0.4, 0.5) is 14.5 Å². The fourth-order valence-electron chi connectivity index (χ4n) is 1.78. The van der Waals surface area contributed by atoms with Crippen LogP contribution in [-0.4, -0.2) is 34.8 Å². The van der Waals surface area contributed by atoms with E-state index >= 15 is 0 Å². The van der Waals surface area contributed by atoms with Gasteiger partial charge in [-0.2, -0.15) is 13.8 Å². The predicted molar refractivity (Wildman–Crippen MR) is 95.3 cm³/mol. The maximum absolute atomic E-state index is 12.2. The van der Waals surface area contributed by atoms with Crippen molar-refractivity contribution >= 4 is 35.0 Å². The first-order valence-electron chi connectivity index (χ1n) is 7.60. The van der Waals surface area contributed by atoms with Gasteiger partial charge in [-0.15, -0.1) is 0 Å². The molecule has 0 fully saturated rings. The first kappa shape index (κ1) is 20.2. The molecule has 0 aliphatic heterocycles. The molecule has 0 radical (unpaired) electrons. The second kappa shape index (κ2) is 10.1. The summed E-state index contributed by atoms with van der Waals surface area (Å²) < 4.78 is 34.0. The maximum Gasteiger partial charge on any atom is 0.387 e. The number of alkyl halides is 2. The molecule has 1 aromatic heterocycles. The topological polar surface area (TPSA) is 73.3 Å². The van der Waals surface area contributed by atoms with E-state index in [1.807, 2.05) is 6.92 Å². The molecule has 0 spiro atoms. The van der Waals surface area contributed by atoms with Gasteiger partial charge in [0.05, 0.1) is 17.4 Å². The summed E-state index contributed by atoms with van der Waals surface area (Å²) in [5, 5.41) is 2.99. The fraction of sp³-hybridized carbons (Fsp3) is 0.312. The van der Waals surface area contributed by atoms with E-state index in [-0.39, 0.29) is 22.4 Å².